The zero-order chi connectivity index (χ0) is 29.2. The summed E-state index contributed by atoms with van der Waals surface area (Å²) in [5.74, 6) is 0.0247. The molecule has 1 saturated heterocycles. The van der Waals surface area contributed by atoms with Crippen LogP contribution in [0.1, 0.15) is 34.1 Å². The van der Waals surface area contributed by atoms with Gasteiger partial charge in [-0.2, -0.15) is 0 Å². The topological polar surface area (TPSA) is 119 Å². The number of piperazine rings is 1. The Morgan fingerprint density at radius 2 is 1.61 bits per heavy atom. The maximum absolute atomic E-state index is 13.8. The van der Waals surface area contributed by atoms with E-state index in [0.29, 0.717) is 49.7 Å². The lowest BCUT2D eigenvalue weighted by atomic mass is 10.1. The van der Waals surface area contributed by atoms with Gasteiger partial charge in [-0.3, -0.25) is 9.59 Å². The molecule has 1 fully saturated rings. The van der Waals surface area contributed by atoms with Gasteiger partial charge in [0, 0.05) is 50.1 Å². The number of fused-ring (bicyclic) bond motifs is 1. The Kier molecular flexibility index (Phi) is 13.1. The first-order valence-electron chi connectivity index (χ1n) is 13.4. The molecule has 1 aliphatic rings. The van der Waals surface area contributed by atoms with Crippen molar-refractivity contribution in [2.75, 3.05) is 71.8 Å². The van der Waals surface area contributed by atoms with Crippen LogP contribution >= 0.6 is 11.6 Å². The van der Waals surface area contributed by atoms with Crippen LogP contribution in [-0.2, 0) is 11.3 Å². The molecule has 1 amide bonds. The molecule has 3 aromatic rings. The third-order valence-electron chi connectivity index (χ3n) is 6.83. The molecule has 0 bridgehead atoms. The van der Waals surface area contributed by atoms with Crippen LogP contribution in [0, 0.1) is 0 Å². The Morgan fingerprint density at radius 3 is 2.20 bits per heavy atom. The minimum atomic E-state index is -0.614. The zero-order valence-electron chi connectivity index (χ0n) is 24.7. The van der Waals surface area contributed by atoms with Crippen molar-refractivity contribution in [1.82, 2.24) is 20.5 Å². The van der Waals surface area contributed by atoms with Gasteiger partial charge in [0.25, 0.3) is 11.5 Å². The second-order valence-electron chi connectivity index (χ2n) is 9.58. The first-order chi connectivity index (χ1) is 19.3. The number of benzene rings is 2. The molecule has 1 aliphatic heterocycles. The highest BCUT2D eigenvalue weighted by Crippen LogP contribution is 2.31. The molecule has 11 heteroatoms. The number of rotatable bonds is 9. The molecule has 0 unspecified atom stereocenters. The van der Waals surface area contributed by atoms with E-state index in [9.17, 15) is 14.4 Å². The van der Waals surface area contributed by atoms with Crippen LogP contribution in [0.25, 0.3) is 10.9 Å². The van der Waals surface area contributed by atoms with Crippen molar-refractivity contribution in [2.45, 2.75) is 19.9 Å². The fraction of sp³-hybridized carbons (Fsp3) is 0.433. The number of anilines is 1. The third-order valence-corrected chi connectivity index (χ3v) is 6.83. The normalized spacial score (nSPS) is 12.9. The lowest BCUT2D eigenvalue weighted by molar-refractivity contribution is 0.0523. The highest BCUT2D eigenvalue weighted by Gasteiger charge is 2.30. The number of carbonyl (C=O) groups is 2. The summed E-state index contributed by atoms with van der Waals surface area (Å²) in [5, 5.41) is 0.829. The van der Waals surface area contributed by atoms with Crippen molar-refractivity contribution in [3.63, 3.8) is 0 Å². The number of esters is 1. The van der Waals surface area contributed by atoms with E-state index in [4.69, 9.17) is 9.47 Å². The molecule has 3 N–H and O–H groups in total. The average Bonchev–Trinajstić information content (AvgIpc) is 2.98. The van der Waals surface area contributed by atoms with E-state index < -0.39 is 5.97 Å². The number of ether oxygens (including phenoxy) is 2. The van der Waals surface area contributed by atoms with Crippen LogP contribution < -0.4 is 21.3 Å². The number of para-hydroxylation sites is 1. The van der Waals surface area contributed by atoms with Gasteiger partial charge in [0.2, 0.25) is 0 Å². The van der Waals surface area contributed by atoms with Gasteiger partial charge < -0.3 is 34.9 Å². The first-order valence-corrected chi connectivity index (χ1v) is 14.1. The highest BCUT2D eigenvalue weighted by atomic mass is 35.5. The number of hydrogen-bond acceptors (Lipinski definition) is 8. The third kappa shape index (κ3) is 7.78. The number of hydrogen-bond donors (Lipinski definition) is 1. The fourth-order valence-electron chi connectivity index (χ4n) is 4.92. The molecule has 0 aliphatic carbocycles. The molecule has 4 rings (SSSR count). The number of aryl methyl sites for hydroxylation is 1. The van der Waals surface area contributed by atoms with Gasteiger partial charge in [-0.25, -0.2) is 4.79 Å². The summed E-state index contributed by atoms with van der Waals surface area (Å²) in [4.78, 5) is 46.0. The first kappa shape index (κ1) is 33.6. The number of halogens is 1. The lowest BCUT2D eigenvalue weighted by Crippen LogP contribution is -2.49. The molecule has 41 heavy (non-hydrogen) atoms. The van der Waals surface area contributed by atoms with Gasteiger partial charge in [0.1, 0.15) is 11.3 Å². The van der Waals surface area contributed by atoms with Gasteiger partial charge in [-0.15, -0.1) is 11.6 Å². The number of aromatic nitrogens is 1. The van der Waals surface area contributed by atoms with Gasteiger partial charge in [-0.05, 0) is 64.3 Å². The minimum absolute atomic E-state index is 0. The Balaban J connectivity index is 0.00000192. The summed E-state index contributed by atoms with van der Waals surface area (Å²) in [5.41, 5.74) is 1.69. The number of alkyl halides is 1. The maximum atomic E-state index is 13.8. The summed E-state index contributed by atoms with van der Waals surface area (Å²) >= 11 is 4.64. The van der Waals surface area contributed by atoms with Gasteiger partial charge >= 0.3 is 5.97 Å². The number of methoxy groups -OCH3 is 1. The highest BCUT2D eigenvalue weighted by molar-refractivity contribution is 6.15. The summed E-state index contributed by atoms with van der Waals surface area (Å²) in [6, 6.07) is 14.8. The van der Waals surface area contributed by atoms with Crippen LogP contribution in [0.2, 0.25) is 0 Å². The van der Waals surface area contributed by atoms with E-state index >= 15 is 0 Å². The van der Waals surface area contributed by atoms with Gasteiger partial charge in [0.05, 0.1) is 24.9 Å². The second kappa shape index (κ2) is 16.0. The molecular weight excluding hydrogens is 546 g/mol. The molecule has 0 radical (unpaired) electrons. The molecule has 10 nitrogen and oxygen atoms in total. The van der Waals surface area contributed by atoms with E-state index in [1.807, 2.05) is 43.3 Å². The molecule has 224 valence electrons. The van der Waals surface area contributed by atoms with Crippen LogP contribution in [0.3, 0.4) is 0 Å². The van der Waals surface area contributed by atoms with Crippen molar-refractivity contribution < 1.29 is 19.1 Å². The van der Waals surface area contributed by atoms with Crippen LogP contribution in [-0.4, -0.2) is 93.2 Å². The largest absolute Gasteiger partial charge is 0.497 e. The standard InChI is InChI=1S/C29H36N4O5.CH3Cl.H3N/c1-5-38-29(36)25-26(23-9-6-7-10-24(23)33(28(25)35)16-8-15-30(2)3)31-17-19-32(20-18-31)27(34)21-11-13-22(37-4)14-12-21;1-2;/h6-7,9-14H,5,8,15-20H2,1-4H3;1H3;1H3. The minimum Gasteiger partial charge on any atom is -0.497 e. The van der Waals surface area contributed by atoms with E-state index in [2.05, 4.69) is 16.5 Å². The number of nitrogens with zero attached hydrogens (tertiary/aromatic N) is 4. The summed E-state index contributed by atoms with van der Waals surface area (Å²) in [6.45, 7) is 5.13. The summed E-state index contributed by atoms with van der Waals surface area (Å²) in [7, 11) is 5.58. The molecule has 0 spiro atoms. The van der Waals surface area contributed by atoms with E-state index in [0.717, 1.165) is 23.9 Å². The Labute approximate surface area is 247 Å². The molecule has 2 aromatic carbocycles. The van der Waals surface area contributed by atoms with Gasteiger partial charge in [0.15, 0.2) is 0 Å². The predicted molar refractivity (Wildman–Crippen MR) is 165 cm³/mol. The monoisotopic (exact) mass is 587 g/mol. The maximum Gasteiger partial charge on any atom is 0.345 e. The fourth-order valence-corrected chi connectivity index (χ4v) is 4.92. The second-order valence-corrected chi connectivity index (χ2v) is 9.58. The van der Waals surface area contributed by atoms with Crippen molar-refractivity contribution in [2.24, 2.45) is 0 Å². The Bertz CT molecular complexity index is 1350. The van der Waals surface area contributed by atoms with Gasteiger partial charge in [-0.1, -0.05) is 18.2 Å². The predicted octanol–water partition coefficient (Wildman–Crippen LogP) is 4.12. The Morgan fingerprint density at radius 1 is 0.976 bits per heavy atom. The van der Waals surface area contributed by atoms with Crippen molar-refractivity contribution >= 4 is 40.1 Å². The number of amides is 1. The van der Waals surface area contributed by atoms with Crippen LogP contribution in [0.5, 0.6) is 5.75 Å². The SMILES string of the molecule is CCOC(=O)c1c(N2CCN(C(=O)c3ccc(OC)cc3)CC2)c2ccccc2n(CCCN(C)C)c1=O.CCl.N. The number of pyridine rings is 1. The quantitative estimate of drug-likeness (QED) is 0.293. The smallest absolute Gasteiger partial charge is 0.345 e. The molecule has 1 aromatic heterocycles. The van der Waals surface area contributed by atoms with E-state index in [1.54, 1.807) is 47.8 Å². The summed E-state index contributed by atoms with van der Waals surface area (Å²) in [6.07, 6.45) is 2.24. The van der Waals surface area contributed by atoms with E-state index in [-0.39, 0.29) is 29.8 Å². The molecule has 0 atom stereocenters. The van der Waals surface area contributed by atoms with Crippen molar-refractivity contribution in [3.05, 3.63) is 70.0 Å². The molecular formula is C30H42ClN5O5. The van der Waals surface area contributed by atoms with E-state index in [1.165, 1.54) is 6.38 Å². The molecule has 0 saturated carbocycles. The summed E-state index contributed by atoms with van der Waals surface area (Å²) < 4.78 is 12.2. The van der Waals surface area contributed by atoms with Crippen LogP contribution in [0.4, 0.5) is 5.69 Å². The Hall–Kier alpha value is -3.60. The zero-order valence-corrected chi connectivity index (χ0v) is 25.4. The lowest BCUT2D eigenvalue weighted by Gasteiger charge is -2.37. The van der Waals surface area contributed by atoms with Crippen LogP contribution in [0.15, 0.2) is 53.3 Å². The molecule has 2 heterocycles. The number of carbonyl (C=O) groups excluding carboxylic acids is 2. The van der Waals surface area contributed by atoms with Crippen molar-refractivity contribution in [3.8, 4) is 5.75 Å². The average molecular weight is 588 g/mol. The van der Waals surface area contributed by atoms with Crippen molar-refractivity contribution in [1.29, 1.82) is 0 Å².